The highest BCUT2D eigenvalue weighted by atomic mass is 16.2. The SMILES string of the molecule is CCN1CCN(C(=O)c2ccccc2NN=C(C#N)C#N)CC1. The zero-order valence-electron chi connectivity index (χ0n) is 13.0. The van der Waals surface area contributed by atoms with Gasteiger partial charge in [0.1, 0.15) is 12.1 Å². The molecule has 1 fully saturated rings. The number of nitriles is 2. The van der Waals surface area contributed by atoms with Crippen LogP contribution in [-0.2, 0) is 0 Å². The molecule has 0 atom stereocenters. The van der Waals surface area contributed by atoms with Crippen LogP contribution < -0.4 is 5.43 Å². The maximum Gasteiger partial charge on any atom is 0.256 e. The summed E-state index contributed by atoms with van der Waals surface area (Å²) in [4.78, 5) is 16.8. The number of hydrogen-bond donors (Lipinski definition) is 1. The van der Waals surface area contributed by atoms with E-state index in [0.29, 0.717) is 24.3 Å². The smallest absolute Gasteiger partial charge is 0.256 e. The van der Waals surface area contributed by atoms with Gasteiger partial charge in [-0.05, 0) is 18.7 Å². The van der Waals surface area contributed by atoms with Gasteiger partial charge in [0, 0.05) is 26.2 Å². The lowest BCUT2D eigenvalue weighted by molar-refractivity contribution is 0.0644. The molecule has 0 unspecified atom stereocenters. The van der Waals surface area contributed by atoms with Gasteiger partial charge < -0.3 is 9.80 Å². The summed E-state index contributed by atoms with van der Waals surface area (Å²) < 4.78 is 0. The van der Waals surface area contributed by atoms with Crippen molar-refractivity contribution in [1.29, 1.82) is 10.5 Å². The molecule has 0 bridgehead atoms. The van der Waals surface area contributed by atoms with E-state index in [4.69, 9.17) is 10.5 Å². The highest BCUT2D eigenvalue weighted by molar-refractivity contribution is 6.10. The quantitative estimate of drug-likeness (QED) is 0.667. The molecule has 2 rings (SSSR count). The number of nitrogens with one attached hydrogen (secondary N) is 1. The summed E-state index contributed by atoms with van der Waals surface area (Å²) in [5.74, 6) is -0.0745. The molecular weight excluding hydrogens is 292 g/mol. The third kappa shape index (κ3) is 4.06. The van der Waals surface area contributed by atoms with Crippen molar-refractivity contribution in [2.24, 2.45) is 5.10 Å². The number of carbonyl (C=O) groups is 1. The van der Waals surface area contributed by atoms with Crippen LogP contribution in [0.3, 0.4) is 0 Å². The average molecular weight is 310 g/mol. The van der Waals surface area contributed by atoms with E-state index in [0.717, 1.165) is 19.6 Å². The maximum atomic E-state index is 12.7. The summed E-state index contributed by atoms with van der Waals surface area (Å²) in [5, 5.41) is 21.1. The van der Waals surface area contributed by atoms with Crippen molar-refractivity contribution in [3.05, 3.63) is 29.8 Å². The fourth-order valence-electron chi connectivity index (χ4n) is 2.40. The number of amides is 1. The number of hydrazone groups is 1. The van der Waals surface area contributed by atoms with E-state index in [1.54, 1.807) is 36.4 Å². The van der Waals surface area contributed by atoms with Gasteiger partial charge in [0.15, 0.2) is 0 Å². The molecule has 1 saturated heterocycles. The third-order valence-corrected chi connectivity index (χ3v) is 3.76. The second kappa shape index (κ2) is 7.92. The number of likely N-dealkylation sites (N-methyl/N-ethyl adjacent to an activating group) is 1. The Morgan fingerprint density at radius 1 is 1.22 bits per heavy atom. The van der Waals surface area contributed by atoms with Gasteiger partial charge in [0.05, 0.1) is 11.3 Å². The lowest BCUT2D eigenvalue weighted by atomic mass is 10.1. The van der Waals surface area contributed by atoms with Crippen molar-refractivity contribution in [2.45, 2.75) is 6.92 Å². The Kier molecular flexibility index (Phi) is 5.67. The minimum atomic E-state index is -0.288. The molecule has 0 aromatic heterocycles. The third-order valence-electron chi connectivity index (χ3n) is 3.76. The van der Waals surface area contributed by atoms with Crippen LogP contribution in [0.5, 0.6) is 0 Å². The normalized spacial score (nSPS) is 14.5. The zero-order valence-corrected chi connectivity index (χ0v) is 13.0. The first kappa shape index (κ1) is 16.5. The predicted molar refractivity (Wildman–Crippen MR) is 86.7 cm³/mol. The molecule has 1 aliphatic heterocycles. The van der Waals surface area contributed by atoms with Crippen LogP contribution in [0.1, 0.15) is 17.3 Å². The summed E-state index contributed by atoms with van der Waals surface area (Å²) in [6.07, 6.45) is 0. The van der Waals surface area contributed by atoms with E-state index in [9.17, 15) is 4.79 Å². The van der Waals surface area contributed by atoms with Crippen LogP contribution in [0.4, 0.5) is 5.69 Å². The van der Waals surface area contributed by atoms with Crippen LogP contribution in [0.25, 0.3) is 0 Å². The molecular formula is C16H18N6O. The summed E-state index contributed by atoms with van der Waals surface area (Å²) in [6, 6.07) is 10.3. The first-order chi connectivity index (χ1) is 11.2. The molecule has 1 aromatic rings. The number of benzene rings is 1. The molecule has 7 heteroatoms. The fourth-order valence-corrected chi connectivity index (χ4v) is 2.40. The van der Waals surface area contributed by atoms with Crippen molar-refractivity contribution < 1.29 is 4.79 Å². The summed E-state index contributed by atoms with van der Waals surface area (Å²) in [5.41, 5.74) is 3.32. The average Bonchev–Trinajstić information content (AvgIpc) is 2.62. The molecule has 1 N–H and O–H groups in total. The van der Waals surface area contributed by atoms with E-state index in [1.807, 2.05) is 4.90 Å². The Morgan fingerprint density at radius 3 is 2.48 bits per heavy atom. The number of piperazine rings is 1. The van der Waals surface area contributed by atoms with Crippen LogP contribution in [0.15, 0.2) is 29.4 Å². The van der Waals surface area contributed by atoms with Crippen molar-refractivity contribution in [1.82, 2.24) is 9.80 Å². The maximum absolute atomic E-state index is 12.7. The van der Waals surface area contributed by atoms with Crippen molar-refractivity contribution in [3.8, 4) is 12.1 Å². The summed E-state index contributed by atoms with van der Waals surface area (Å²) >= 11 is 0. The van der Waals surface area contributed by atoms with Gasteiger partial charge in [0.2, 0.25) is 5.71 Å². The van der Waals surface area contributed by atoms with Crippen LogP contribution in [0.2, 0.25) is 0 Å². The standard InChI is InChI=1S/C16H18N6O/c1-2-21-7-9-22(10-8-21)16(23)14-5-3-4-6-15(14)20-19-13(11-17)12-18/h3-6,20H,2,7-10H2,1H3. The van der Waals surface area contributed by atoms with Gasteiger partial charge in [-0.3, -0.25) is 10.2 Å². The second-order valence-electron chi connectivity index (χ2n) is 5.07. The number of para-hydroxylation sites is 1. The Hall–Kier alpha value is -2.90. The molecule has 1 aliphatic rings. The number of anilines is 1. The highest BCUT2D eigenvalue weighted by Gasteiger charge is 2.23. The van der Waals surface area contributed by atoms with Gasteiger partial charge >= 0.3 is 0 Å². The Morgan fingerprint density at radius 2 is 1.87 bits per heavy atom. The van der Waals surface area contributed by atoms with Crippen molar-refractivity contribution in [3.63, 3.8) is 0 Å². The lowest BCUT2D eigenvalue weighted by Crippen LogP contribution is -2.48. The largest absolute Gasteiger partial charge is 0.336 e. The zero-order chi connectivity index (χ0) is 16.7. The Balaban J connectivity index is 2.14. The molecule has 23 heavy (non-hydrogen) atoms. The number of hydrogen-bond acceptors (Lipinski definition) is 6. The molecule has 1 aromatic carbocycles. The summed E-state index contributed by atoms with van der Waals surface area (Å²) in [6.45, 7) is 6.19. The van der Waals surface area contributed by atoms with E-state index in [-0.39, 0.29) is 11.6 Å². The van der Waals surface area contributed by atoms with Gasteiger partial charge in [-0.25, -0.2) is 0 Å². The van der Waals surface area contributed by atoms with E-state index >= 15 is 0 Å². The fraction of sp³-hybridized carbons (Fsp3) is 0.375. The number of carbonyl (C=O) groups excluding carboxylic acids is 1. The molecule has 0 spiro atoms. The molecule has 0 saturated carbocycles. The van der Waals surface area contributed by atoms with Gasteiger partial charge in [-0.15, -0.1) is 0 Å². The minimum absolute atomic E-state index is 0.0745. The highest BCUT2D eigenvalue weighted by Crippen LogP contribution is 2.18. The van der Waals surface area contributed by atoms with Gasteiger partial charge in [-0.1, -0.05) is 19.1 Å². The molecule has 1 heterocycles. The Labute approximate surface area is 135 Å². The monoisotopic (exact) mass is 310 g/mol. The molecule has 118 valence electrons. The van der Waals surface area contributed by atoms with Gasteiger partial charge in [0.25, 0.3) is 5.91 Å². The molecule has 0 radical (unpaired) electrons. The van der Waals surface area contributed by atoms with E-state index in [1.165, 1.54) is 0 Å². The Bertz CT molecular complexity index is 661. The van der Waals surface area contributed by atoms with Crippen LogP contribution in [0, 0.1) is 22.7 Å². The lowest BCUT2D eigenvalue weighted by Gasteiger charge is -2.34. The van der Waals surface area contributed by atoms with Gasteiger partial charge in [-0.2, -0.15) is 15.6 Å². The first-order valence-electron chi connectivity index (χ1n) is 7.44. The number of rotatable bonds is 4. The molecule has 0 aliphatic carbocycles. The summed E-state index contributed by atoms with van der Waals surface area (Å²) in [7, 11) is 0. The van der Waals surface area contributed by atoms with Crippen LogP contribution >= 0.6 is 0 Å². The van der Waals surface area contributed by atoms with E-state index < -0.39 is 0 Å². The number of nitrogens with zero attached hydrogens (tertiary/aromatic N) is 5. The van der Waals surface area contributed by atoms with Crippen molar-refractivity contribution in [2.75, 3.05) is 38.1 Å². The predicted octanol–water partition coefficient (Wildman–Crippen LogP) is 1.28. The van der Waals surface area contributed by atoms with Crippen LogP contribution in [-0.4, -0.2) is 54.1 Å². The second-order valence-corrected chi connectivity index (χ2v) is 5.07. The molecule has 7 nitrogen and oxygen atoms in total. The minimum Gasteiger partial charge on any atom is -0.336 e. The first-order valence-corrected chi connectivity index (χ1v) is 7.44. The topological polar surface area (TPSA) is 95.5 Å². The molecule has 1 amide bonds. The van der Waals surface area contributed by atoms with Crippen molar-refractivity contribution >= 4 is 17.3 Å². The van der Waals surface area contributed by atoms with E-state index in [2.05, 4.69) is 22.4 Å².